The molecule has 0 aliphatic carbocycles. The molecule has 1 heterocycles. The lowest BCUT2D eigenvalue weighted by Crippen LogP contribution is -2.21. The van der Waals surface area contributed by atoms with E-state index in [1.807, 2.05) is 30.3 Å². The summed E-state index contributed by atoms with van der Waals surface area (Å²) in [6.45, 7) is 9.59. The Morgan fingerprint density at radius 1 is 0.879 bits per heavy atom. The van der Waals surface area contributed by atoms with E-state index >= 15 is 0 Å². The number of hydrogen-bond acceptors (Lipinski definition) is 5. The SMILES string of the molecule is CCN(CC)c1ccc2oc(=O)cc(OCCCCCCCOC(C)c3ccccc3)c2c1. The summed E-state index contributed by atoms with van der Waals surface area (Å²) in [4.78, 5) is 14.2. The number of anilines is 1. The molecule has 1 aromatic heterocycles. The van der Waals surface area contributed by atoms with Crippen molar-refractivity contribution in [1.29, 1.82) is 0 Å². The Bertz CT molecular complexity index is 1030. The van der Waals surface area contributed by atoms with Gasteiger partial charge in [-0.1, -0.05) is 49.6 Å². The van der Waals surface area contributed by atoms with Gasteiger partial charge in [0.25, 0.3) is 0 Å². The Labute approximate surface area is 197 Å². The van der Waals surface area contributed by atoms with Gasteiger partial charge in [-0.2, -0.15) is 0 Å². The molecule has 3 aromatic rings. The third kappa shape index (κ3) is 7.36. The second-order valence-electron chi connectivity index (χ2n) is 8.32. The van der Waals surface area contributed by atoms with Crippen molar-refractivity contribution in [3.8, 4) is 5.75 Å². The zero-order valence-electron chi connectivity index (χ0n) is 20.2. The Balaban J connectivity index is 1.40. The molecule has 0 fully saturated rings. The molecule has 0 bridgehead atoms. The fraction of sp³-hybridized carbons (Fsp3) is 0.464. The van der Waals surface area contributed by atoms with Crippen molar-refractivity contribution in [3.63, 3.8) is 0 Å². The van der Waals surface area contributed by atoms with Crippen LogP contribution in [0.3, 0.4) is 0 Å². The third-order valence-electron chi connectivity index (χ3n) is 6.00. The van der Waals surface area contributed by atoms with Crippen LogP contribution in [-0.2, 0) is 4.74 Å². The molecule has 178 valence electrons. The van der Waals surface area contributed by atoms with E-state index < -0.39 is 0 Å². The number of fused-ring (bicyclic) bond motifs is 1. The molecule has 5 nitrogen and oxygen atoms in total. The molecule has 0 saturated heterocycles. The summed E-state index contributed by atoms with van der Waals surface area (Å²) in [6, 6.07) is 17.7. The van der Waals surface area contributed by atoms with Gasteiger partial charge >= 0.3 is 5.63 Å². The van der Waals surface area contributed by atoms with Crippen LogP contribution in [0.4, 0.5) is 5.69 Å². The predicted molar refractivity (Wildman–Crippen MR) is 135 cm³/mol. The van der Waals surface area contributed by atoms with Gasteiger partial charge < -0.3 is 18.8 Å². The van der Waals surface area contributed by atoms with Crippen LogP contribution in [-0.4, -0.2) is 26.3 Å². The maximum absolute atomic E-state index is 11.9. The van der Waals surface area contributed by atoms with Crippen LogP contribution in [0.15, 0.2) is 63.8 Å². The predicted octanol–water partition coefficient (Wildman–Crippen LogP) is 6.75. The van der Waals surface area contributed by atoms with E-state index in [9.17, 15) is 4.79 Å². The largest absolute Gasteiger partial charge is 0.493 e. The van der Waals surface area contributed by atoms with Gasteiger partial charge in [-0.05, 0) is 57.4 Å². The summed E-state index contributed by atoms with van der Waals surface area (Å²) in [6.07, 6.45) is 5.55. The molecule has 2 aromatic carbocycles. The summed E-state index contributed by atoms with van der Waals surface area (Å²) in [5.41, 5.74) is 2.52. The summed E-state index contributed by atoms with van der Waals surface area (Å²) in [7, 11) is 0. The van der Waals surface area contributed by atoms with Crippen LogP contribution < -0.4 is 15.3 Å². The van der Waals surface area contributed by atoms with E-state index in [1.165, 1.54) is 11.6 Å². The van der Waals surface area contributed by atoms with Gasteiger partial charge in [-0.3, -0.25) is 0 Å². The number of nitrogens with zero attached hydrogens (tertiary/aromatic N) is 1. The Morgan fingerprint density at radius 3 is 2.30 bits per heavy atom. The average molecular weight is 452 g/mol. The summed E-state index contributed by atoms with van der Waals surface area (Å²) in [5, 5.41) is 0.851. The summed E-state index contributed by atoms with van der Waals surface area (Å²) < 4.78 is 17.3. The highest BCUT2D eigenvalue weighted by molar-refractivity contribution is 5.86. The summed E-state index contributed by atoms with van der Waals surface area (Å²) in [5.74, 6) is 0.610. The highest BCUT2D eigenvalue weighted by Gasteiger charge is 2.10. The molecule has 1 unspecified atom stereocenters. The van der Waals surface area contributed by atoms with Gasteiger partial charge in [-0.15, -0.1) is 0 Å². The van der Waals surface area contributed by atoms with Crippen LogP contribution in [0.1, 0.15) is 64.5 Å². The van der Waals surface area contributed by atoms with Gasteiger partial charge in [0.2, 0.25) is 0 Å². The average Bonchev–Trinajstić information content (AvgIpc) is 2.84. The lowest BCUT2D eigenvalue weighted by molar-refractivity contribution is 0.0627. The van der Waals surface area contributed by atoms with Crippen molar-refractivity contribution < 1.29 is 13.9 Å². The first-order valence-electron chi connectivity index (χ1n) is 12.2. The number of hydrogen-bond donors (Lipinski definition) is 0. The second-order valence-corrected chi connectivity index (χ2v) is 8.32. The Morgan fingerprint density at radius 2 is 1.58 bits per heavy atom. The van der Waals surface area contributed by atoms with Gasteiger partial charge in [0.05, 0.1) is 24.2 Å². The van der Waals surface area contributed by atoms with Crippen LogP contribution in [0.5, 0.6) is 5.75 Å². The molecule has 33 heavy (non-hydrogen) atoms. The maximum Gasteiger partial charge on any atom is 0.339 e. The quantitative estimate of drug-likeness (QED) is 0.200. The first-order valence-corrected chi connectivity index (χ1v) is 12.2. The van der Waals surface area contributed by atoms with Crippen LogP contribution in [0.2, 0.25) is 0 Å². The van der Waals surface area contributed by atoms with Gasteiger partial charge in [0, 0.05) is 25.4 Å². The molecule has 0 amide bonds. The highest BCUT2D eigenvalue weighted by Crippen LogP contribution is 2.28. The minimum atomic E-state index is -0.377. The molecule has 0 radical (unpaired) electrons. The van der Waals surface area contributed by atoms with Gasteiger partial charge in [-0.25, -0.2) is 4.79 Å². The fourth-order valence-electron chi connectivity index (χ4n) is 4.02. The van der Waals surface area contributed by atoms with Crippen molar-refractivity contribution in [2.45, 2.75) is 59.0 Å². The smallest absolute Gasteiger partial charge is 0.339 e. The zero-order chi connectivity index (χ0) is 23.5. The number of ether oxygens (including phenoxy) is 2. The molecular weight excluding hydrogens is 414 g/mol. The molecule has 0 aliphatic rings. The van der Waals surface area contributed by atoms with Gasteiger partial charge in [0.1, 0.15) is 11.3 Å². The Kier molecular flexibility index (Phi) is 9.82. The topological polar surface area (TPSA) is 51.9 Å². The van der Waals surface area contributed by atoms with E-state index in [4.69, 9.17) is 13.9 Å². The van der Waals surface area contributed by atoms with Crippen molar-refractivity contribution in [2.24, 2.45) is 0 Å². The number of unbranched alkanes of at least 4 members (excludes halogenated alkanes) is 4. The molecule has 0 N–H and O–H groups in total. The molecule has 3 rings (SSSR count). The van der Waals surface area contributed by atoms with Crippen molar-refractivity contribution in [2.75, 3.05) is 31.2 Å². The second kappa shape index (κ2) is 13.0. The molecule has 0 saturated carbocycles. The van der Waals surface area contributed by atoms with E-state index in [-0.39, 0.29) is 11.7 Å². The van der Waals surface area contributed by atoms with Gasteiger partial charge in [0.15, 0.2) is 0 Å². The van der Waals surface area contributed by atoms with Crippen LogP contribution in [0, 0.1) is 0 Å². The van der Waals surface area contributed by atoms with E-state index in [0.717, 1.165) is 62.9 Å². The molecule has 0 aliphatic heterocycles. The van der Waals surface area contributed by atoms with Crippen molar-refractivity contribution in [3.05, 3.63) is 70.6 Å². The minimum Gasteiger partial charge on any atom is -0.493 e. The third-order valence-corrected chi connectivity index (χ3v) is 6.00. The molecule has 5 heteroatoms. The van der Waals surface area contributed by atoms with E-state index in [1.54, 1.807) is 0 Å². The first-order chi connectivity index (χ1) is 16.1. The monoisotopic (exact) mass is 451 g/mol. The first kappa shape index (κ1) is 24.8. The lowest BCUT2D eigenvalue weighted by atomic mass is 10.1. The zero-order valence-corrected chi connectivity index (χ0v) is 20.2. The molecule has 0 spiro atoms. The van der Waals surface area contributed by atoms with Crippen molar-refractivity contribution in [1.82, 2.24) is 0 Å². The van der Waals surface area contributed by atoms with E-state index in [2.05, 4.69) is 43.9 Å². The lowest BCUT2D eigenvalue weighted by Gasteiger charge is -2.21. The maximum atomic E-state index is 11.9. The Hall–Kier alpha value is -2.79. The number of rotatable bonds is 14. The summed E-state index contributed by atoms with van der Waals surface area (Å²) >= 11 is 0. The molecule has 1 atom stereocenters. The standard InChI is InChI=1S/C28H37NO4/c1-4-29(5-2)24-16-17-26-25(20-24)27(21-28(30)33-26)32-19-13-8-6-7-12-18-31-22(3)23-14-10-9-11-15-23/h9-11,14-17,20-22H,4-8,12-13,18-19H2,1-3H3. The molecular formula is C28H37NO4. The fourth-order valence-corrected chi connectivity index (χ4v) is 4.02. The van der Waals surface area contributed by atoms with Crippen LogP contribution in [0.25, 0.3) is 11.0 Å². The van der Waals surface area contributed by atoms with Crippen molar-refractivity contribution >= 4 is 16.7 Å². The van der Waals surface area contributed by atoms with E-state index in [0.29, 0.717) is 17.9 Å². The normalized spacial score (nSPS) is 12.1. The van der Waals surface area contributed by atoms with Crippen LogP contribution >= 0.6 is 0 Å². The minimum absolute atomic E-state index is 0.139. The highest BCUT2D eigenvalue weighted by atomic mass is 16.5. The number of benzene rings is 2.